The second kappa shape index (κ2) is 11.0. The van der Waals surface area contributed by atoms with Crippen LogP contribution in [0.1, 0.15) is 11.1 Å². The van der Waals surface area contributed by atoms with Crippen molar-refractivity contribution in [2.24, 2.45) is 0 Å². The summed E-state index contributed by atoms with van der Waals surface area (Å²) in [6, 6.07) is 17.1. The van der Waals surface area contributed by atoms with Gasteiger partial charge in [0.25, 0.3) is 11.6 Å². The summed E-state index contributed by atoms with van der Waals surface area (Å²) >= 11 is 3.41. The van der Waals surface area contributed by atoms with Crippen LogP contribution in [0.15, 0.2) is 70.7 Å². The molecule has 0 saturated carbocycles. The molecule has 0 heterocycles. The third-order valence-corrected chi connectivity index (χ3v) is 5.15. The van der Waals surface area contributed by atoms with Crippen molar-refractivity contribution < 1.29 is 24.3 Å². The number of ether oxygens (including phenoxy) is 2. The van der Waals surface area contributed by atoms with E-state index in [-0.39, 0.29) is 23.6 Å². The minimum Gasteiger partial charge on any atom is -0.508 e. The van der Waals surface area contributed by atoms with Crippen LogP contribution >= 0.6 is 15.9 Å². The third kappa shape index (κ3) is 6.11. The minimum atomic E-state index is -0.616. The van der Waals surface area contributed by atoms with Crippen molar-refractivity contribution in [2.45, 2.75) is 6.61 Å². The first-order valence-electron chi connectivity index (χ1n) is 9.76. The Kier molecular flexibility index (Phi) is 7.84. The Morgan fingerprint density at radius 3 is 2.62 bits per heavy atom. The fraction of sp³-hybridized carbons (Fsp3) is 0.0833. The van der Waals surface area contributed by atoms with Gasteiger partial charge in [-0.05, 0) is 69.5 Å². The summed E-state index contributed by atoms with van der Waals surface area (Å²) in [5.74, 6) is 0.133. The van der Waals surface area contributed by atoms with Crippen LogP contribution in [0.3, 0.4) is 0 Å². The Morgan fingerprint density at radius 1 is 1.24 bits per heavy atom. The molecule has 0 aliphatic rings. The van der Waals surface area contributed by atoms with Gasteiger partial charge in [0.2, 0.25) is 0 Å². The Morgan fingerprint density at radius 2 is 1.97 bits per heavy atom. The molecule has 10 heteroatoms. The van der Waals surface area contributed by atoms with Crippen LogP contribution in [-0.4, -0.2) is 23.0 Å². The predicted octanol–water partition coefficient (Wildman–Crippen LogP) is 5.20. The van der Waals surface area contributed by atoms with Gasteiger partial charge in [-0.25, -0.2) is 0 Å². The van der Waals surface area contributed by atoms with E-state index in [1.165, 1.54) is 49.6 Å². The van der Waals surface area contributed by atoms with E-state index in [9.17, 15) is 25.3 Å². The number of rotatable bonds is 8. The number of nitro benzene ring substituents is 1. The first-order valence-corrected chi connectivity index (χ1v) is 10.6. The number of aromatic hydroxyl groups is 1. The number of hydrogen-bond acceptors (Lipinski definition) is 7. The van der Waals surface area contributed by atoms with E-state index < -0.39 is 10.8 Å². The summed E-state index contributed by atoms with van der Waals surface area (Å²) in [6.45, 7) is 0.0598. The van der Waals surface area contributed by atoms with Crippen LogP contribution in [0.2, 0.25) is 0 Å². The topological polar surface area (TPSA) is 135 Å². The standard InChI is InChI=1S/C24H18BrN3O6/c1-33-22-12-16(9-17(13-26)24(30)27-18-5-7-20(29)8-6-18)11-21(25)23(22)34-14-15-3-2-4-19(10-15)28(31)32/h2-12,29H,14H2,1H3,(H,27,30)/b17-9+. The number of carbonyl (C=O) groups is 1. The molecule has 0 atom stereocenters. The average Bonchev–Trinajstić information content (AvgIpc) is 2.83. The lowest BCUT2D eigenvalue weighted by Gasteiger charge is -2.14. The van der Waals surface area contributed by atoms with Crippen LogP contribution in [0, 0.1) is 21.4 Å². The fourth-order valence-corrected chi connectivity index (χ4v) is 3.51. The average molecular weight is 524 g/mol. The van der Waals surface area contributed by atoms with Crippen molar-refractivity contribution in [1.82, 2.24) is 0 Å². The monoisotopic (exact) mass is 523 g/mol. The van der Waals surface area contributed by atoms with Crippen LogP contribution in [0.4, 0.5) is 11.4 Å². The van der Waals surface area contributed by atoms with Gasteiger partial charge >= 0.3 is 0 Å². The number of phenolic OH excluding ortho intramolecular Hbond substituents is 1. The molecule has 0 aromatic heterocycles. The number of methoxy groups -OCH3 is 1. The molecule has 3 rings (SSSR count). The second-order valence-electron chi connectivity index (χ2n) is 6.92. The number of carbonyl (C=O) groups excluding carboxylic acids is 1. The highest BCUT2D eigenvalue weighted by atomic mass is 79.9. The van der Waals surface area contributed by atoms with E-state index >= 15 is 0 Å². The molecule has 0 radical (unpaired) electrons. The van der Waals surface area contributed by atoms with Gasteiger partial charge in [-0.3, -0.25) is 14.9 Å². The van der Waals surface area contributed by atoms with Gasteiger partial charge in [0.05, 0.1) is 16.5 Å². The molecule has 1 amide bonds. The van der Waals surface area contributed by atoms with Crippen molar-refractivity contribution in [3.05, 3.63) is 92.0 Å². The molecule has 0 aliphatic carbocycles. The SMILES string of the molecule is COc1cc(/C=C(\C#N)C(=O)Nc2ccc(O)cc2)cc(Br)c1OCc1cccc([N+](=O)[O-])c1. The maximum atomic E-state index is 12.5. The van der Waals surface area contributed by atoms with Crippen molar-refractivity contribution in [3.63, 3.8) is 0 Å². The lowest BCUT2D eigenvalue weighted by molar-refractivity contribution is -0.384. The maximum Gasteiger partial charge on any atom is 0.269 e. The first-order chi connectivity index (χ1) is 16.3. The molecule has 172 valence electrons. The van der Waals surface area contributed by atoms with Gasteiger partial charge in [0, 0.05) is 17.8 Å². The van der Waals surface area contributed by atoms with Gasteiger partial charge < -0.3 is 19.9 Å². The Labute approximate surface area is 203 Å². The smallest absolute Gasteiger partial charge is 0.269 e. The minimum absolute atomic E-state index is 0.0396. The number of non-ortho nitro benzene ring substituents is 1. The summed E-state index contributed by atoms with van der Waals surface area (Å²) in [5.41, 5.74) is 1.34. The molecule has 3 aromatic carbocycles. The maximum absolute atomic E-state index is 12.5. The van der Waals surface area contributed by atoms with Crippen LogP contribution in [0.5, 0.6) is 17.2 Å². The molecule has 9 nitrogen and oxygen atoms in total. The largest absolute Gasteiger partial charge is 0.508 e. The molecule has 34 heavy (non-hydrogen) atoms. The van der Waals surface area contributed by atoms with Crippen molar-refractivity contribution in [2.75, 3.05) is 12.4 Å². The summed E-state index contributed by atoms with van der Waals surface area (Å²) in [5, 5.41) is 32.4. The molecule has 0 unspecified atom stereocenters. The number of nitriles is 1. The number of nitrogens with zero attached hydrogens (tertiary/aromatic N) is 2. The molecule has 0 saturated heterocycles. The van der Waals surface area contributed by atoms with Crippen molar-refractivity contribution >= 4 is 39.3 Å². The van der Waals surface area contributed by atoms with E-state index in [2.05, 4.69) is 21.2 Å². The Balaban J connectivity index is 1.81. The molecule has 0 aliphatic heterocycles. The van der Waals surface area contributed by atoms with E-state index in [0.717, 1.165) is 0 Å². The molecule has 0 fully saturated rings. The van der Waals surface area contributed by atoms with E-state index in [1.807, 2.05) is 6.07 Å². The summed E-state index contributed by atoms with van der Waals surface area (Å²) in [6.07, 6.45) is 1.40. The van der Waals surface area contributed by atoms with Crippen LogP contribution < -0.4 is 14.8 Å². The van der Waals surface area contributed by atoms with Gasteiger partial charge in [-0.1, -0.05) is 12.1 Å². The van der Waals surface area contributed by atoms with Crippen molar-refractivity contribution in [1.29, 1.82) is 5.26 Å². The van der Waals surface area contributed by atoms with Gasteiger partial charge in [0.15, 0.2) is 11.5 Å². The Bertz CT molecular complexity index is 1300. The van der Waals surface area contributed by atoms with Gasteiger partial charge in [0.1, 0.15) is 24.0 Å². The lowest BCUT2D eigenvalue weighted by atomic mass is 10.1. The van der Waals surface area contributed by atoms with Gasteiger partial charge in [-0.2, -0.15) is 5.26 Å². The normalized spacial score (nSPS) is 10.8. The third-order valence-electron chi connectivity index (χ3n) is 4.56. The number of halogens is 1. The molecule has 3 aromatic rings. The number of phenols is 1. The highest BCUT2D eigenvalue weighted by Crippen LogP contribution is 2.38. The zero-order valence-electron chi connectivity index (χ0n) is 17.8. The predicted molar refractivity (Wildman–Crippen MR) is 128 cm³/mol. The molecular weight excluding hydrogens is 506 g/mol. The number of anilines is 1. The molecule has 0 spiro atoms. The Hall–Kier alpha value is -4.36. The molecule has 2 N–H and O–H groups in total. The lowest BCUT2D eigenvalue weighted by Crippen LogP contribution is -2.13. The van der Waals surface area contributed by atoms with E-state index in [0.29, 0.717) is 32.8 Å². The molecular formula is C24H18BrN3O6. The number of nitro groups is 1. The zero-order chi connectivity index (χ0) is 24.7. The number of benzene rings is 3. The second-order valence-corrected chi connectivity index (χ2v) is 7.77. The van der Waals surface area contributed by atoms with Gasteiger partial charge in [-0.15, -0.1) is 0 Å². The fourth-order valence-electron chi connectivity index (χ4n) is 2.94. The quantitative estimate of drug-likeness (QED) is 0.136. The zero-order valence-corrected chi connectivity index (χ0v) is 19.4. The number of hydrogen-bond donors (Lipinski definition) is 2. The number of amides is 1. The highest BCUT2D eigenvalue weighted by Gasteiger charge is 2.15. The summed E-state index contributed by atoms with van der Waals surface area (Å²) in [7, 11) is 1.44. The summed E-state index contributed by atoms with van der Waals surface area (Å²) < 4.78 is 11.7. The van der Waals surface area contributed by atoms with Crippen LogP contribution in [0.25, 0.3) is 6.08 Å². The first kappa shape index (κ1) is 24.3. The van der Waals surface area contributed by atoms with Crippen LogP contribution in [-0.2, 0) is 11.4 Å². The van der Waals surface area contributed by atoms with Crippen molar-refractivity contribution in [3.8, 4) is 23.3 Å². The number of nitrogens with one attached hydrogen (secondary N) is 1. The highest BCUT2D eigenvalue weighted by molar-refractivity contribution is 9.10. The molecule has 0 bridgehead atoms. The van der Waals surface area contributed by atoms with E-state index in [1.54, 1.807) is 24.3 Å². The summed E-state index contributed by atoms with van der Waals surface area (Å²) in [4.78, 5) is 23.0. The van der Waals surface area contributed by atoms with E-state index in [4.69, 9.17) is 9.47 Å².